The molecule has 0 aromatic rings. The summed E-state index contributed by atoms with van der Waals surface area (Å²) in [5.74, 6) is -4.09. The predicted molar refractivity (Wildman–Crippen MR) is 38.7 cm³/mol. The van der Waals surface area contributed by atoms with Gasteiger partial charge in [0.15, 0.2) is 0 Å². The van der Waals surface area contributed by atoms with Crippen LogP contribution in [0, 0.1) is 0 Å². The van der Waals surface area contributed by atoms with Gasteiger partial charge in [-0.25, -0.2) is 0 Å². The number of unbranched alkanes of at least 4 members (excludes halogenated alkanes) is 1. The van der Waals surface area contributed by atoms with E-state index >= 15 is 0 Å². The molecule has 0 rings (SSSR count). The van der Waals surface area contributed by atoms with E-state index in [1.165, 1.54) is 0 Å². The zero-order valence-corrected chi connectivity index (χ0v) is 7.58. The molecule has 1 nitrogen and oxygen atoms in total. The molecule has 0 atom stereocenters. The molecule has 0 heterocycles. The molecule has 0 unspecified atom stereocenters. The van der Waals surface area contributed by atoms with Gasteiger partial charge in [-0.05, 0) is 22.4 Å². The molecule has 0 saturated carbocycles. The molecule has 0 spiro atoms. The topological polar surface area (TPSA) is 17.1 Å². The van der Waals surface area contributed by atoms with Crippen LogP contribution in [0.2, 0.25) is 0 Å². The number of carbonyl (C=O) groups excluding carboxylic acids is 1. The van der Waals surface area contributed by atoms with Crippen molar-refractivity contribution in [2.45, 2.75) is 30.0 Å². The van der Waals surface area contributed by atoms with Crippen molar-refractivity contribution in [2.75, 3.05) is 0 Å². The molecule has 0 radical (unpaired) electrons. The number of rotatable bonds is 5. The summed E-state index contributed by atoms with van der Waals surface area (Å²) in [4.78, 5) is 5.50. The Morgan fingerprint density at radius 1 is 1.25 bits per heavy atom. The predicted octanol–water partition coefficient (Wildman–Crippen LogP) is 2.98. The van der Waals surface area contributed by atoms with Crippen LogP contribution < -0.4 is 0 Å². The standard InChI is InChI=1S/C6H7BrF4O/c7-6(10,11)5(8,9)3-1-2-4-12/h4H,1-3H2. The van der Waals surface area contributed by atoms with Gasteiger partial charge < -0.3 is 4.79 Å². The second-order valence-corrected chi connectivity index (χ2v) is 3.26. The van der Waals surface area contributed by atoms with Gasteiger partial charge in [-0.2, -0.15) is 17.6 Å². The van der Waals surface area contributed by atoms with E-state index < -0.39 is 17.2 Å². The molecule has 0 aromatic heterocycles. The van der Waals surface area contributed by atoms with Gasteiger partial charge >= 0.3 is 10.8 Å². The molecule has 0 aliphatic rings. The summed E-state index contributed by atoms with van der Waals surface area (Å²) in [5, 5.41) is 0. The largest absolute Gasteiger partial charge is 0.363 e. The lowest BCUT2D eigenvalue weighted by Crippen LogP contribution is -2.34. The van der Waals surface area contributed by atoms with Crippen molar-refractivity contribution in [2.24, 2.45) is 0 Å². The fourth-order valence-corrected chi connectivity index (χ4v) is 0.747. The van der Waals surface area contributed by atoms with Gasteiger partial charge in [-0.3, -0.25) is 0 Å². The summed E-state index contributed by atoms with van der Waals surface area (Å²) in [6.07, 6.45) is -0.942. The number of hydrogen-bond donors (Lipinski definition) is 0. The second kappa shape index (κ2) is 4.20. The average Bonchev–Trinajstić information content (AvgIpc) is 1.85. The minimum absolute atomic E-state index is 0.126. The van der Waals surface area contributed by atoms with E-state index in [4.69, 9.17) is 0 Å². The van der Waals surface area contributed by atoms with Crippen LogP contribution >= 0.6 is 15.9 Å². The lowest BCUT2D eigenvalue weighted by atomic mass is 10.1. The van der Waals surface area contributed by atoms with Crippen molar-refractivity contribution in [3.8, 4) is 0 Å². The summed E-state index contributed by atoms with van der Waals surface area (Å²) in [6, 6.07) is 0. The molecule has 6 heteroatoms. The molecule has 12 heavy (non-hydrogen) atoms. The maximum absolute atomic E-state index is 12.3. The third-order valence-electron chi connectivity index (χ3n) is 1.23. The molecule has 0 amide bonds. The zero-order valence-electron chi connectivity index (χ0n) is 6.00. The lowest BCUT2D eigenvalue weighted by molar-refractivity contribution is -0.152. The fraction of sp³-hybridized carbons (Fsp3) is 0.833. The van der Waals surface area contributed by atoms with Gasteiger partial charge in [0.25, 0.3) is 0 Å². The number of carbonyl (C=O) groups is 1. The minimum atomic E-state index is -4.19. The summed E-state index contributed by atoms with van der Waals surface area (Å²) >= 11 is 1.58. The van der Waals surface area contributed by atoms with E-state index in [1.54, 1.807) is 15.9 Å². The number of alkyl halides is 5. The first-order valence-corrected chi connectivity index (χ1v) is 3.99. The Morgan fingerprint density at radius 3 is 2.08 bits per heavy atom. The highest BCUT2D eigenvalue weighted by molar-refractivity contribution is 9.10. The first kappa shape index (κ1) is 11.9. The first-order valence-electron chi connectivity index (χ1n) is 3.19. The molecule has 0 aliphatic carbocycles. The Kier molecular flexibility index (Phi) is 4.16. The van der Waals surface area contributed by atoms with Crippen LogP contribution in [0.5, 0.6) is 0 Å². The Bertz CT molecular complexity index is 154. The van der Waals surface area contributed by atoms with E-state index in [0.29, 0.717) is 6.29 Å². The maximum atomic E-state index is 12.3. The molecule has 0 saturated heterocycles. The SMILES string of the molecule is O=CCCCC(F)(F)C(F)(F)Br. The smallest absolute Gasteiger partial charge is 0.303 e. The van der Waals surface area contributed by atoms with Crippen molar-refractivity contribution in [1.82, 2.24) is 0 Å². The molecular formula is C6H7BrF4O. The van der Waals surface area contributed by atoms with Crippen LogP contribution in [0.4, 0.5) is 17.6 Å². The van der Waals surface area contributed by atoms with Crippen molar-refractivity contribution < 1.29 is 22.4 Å². The number of halogens is 5. The molecular weight excluding hydrogens is 244 g/mol. The highest BCUT2D eigenvalue weighted by Crippen LogP contribution is 2.42. The zero-order chi connectivity index (χ0) is 9.83. The summed E-state index contributed by atoms with van der Waals surface area (Å²) in [6.45, 7) is 0. The van der Waals surface area contributed by atoms with E-state index in [9.17, 15) is 22.4 Å². The maximum Gasteiger partial charge on any atom is 0.363 e. The van der Waals surface area contributed by atoms with E-state index in [0.717, 1.165) is 0 Å². The summed E-state index contributed by atoms with van der Waals surface area (Å²) in [5.41, 5.74) is 0. The van der Waals surface area contributed by atoms with Crippen molar-refractivity contribution >= 4 is 22.2 Å². The molecule has 0 N–H and O–H groups in total. The minimum Gasteiger partial charge on any atom is -0.303 e. The van der Waals surface area contributed by atoms with Crippen molar-refractivity contribution in [3.63, 3.8) is 0 Å². The summed E-state index contributed by atoms with van der Waals surface area (Å²) in [7, 11) is 0. The van der Waals surface area contributed by atoms with Crippen molar-refractivity contribution in [1.29, 1.82) is 0 Å². The highest BCUT2D eigenvalue weighted by Gasteiger charge is 2.53. The quantitative estimate of drug-likeness (QED) is 0.317. The molecule has 0 fully saturated rings. The van der Waals surface area contributed by atoms with Crippen LogP contribution in [-0.4, -0.2) is 17.0 Å². The van der Waals surface area contributed by atoms with Crippen LogP contribution in [0.25, 0.3) is 0 Å². The summed E-state index contributed by atoms with van der Waals surface area (Å²) < 4.78 is 48.7. The Hall–Kier alpha value is -0.130. The third kappa shape index (κ3) is 3.51. The van der Waals surface area contributed by atoms with Crippen molar-refractivity contribution in [3.05, 3.63) is 0 Å². The van der Waals surface area contributed by atoms with E-state index in [2.05, 4.69) is 0 Å². The molecule has 72 valence electrons. The van der Waals surface area contributed by atoms with Crippen LogP contribution in [0.15, 0.2) is 0 Å². The molecule has 0 aliphatic heterocycles. The third-order valence-corrected chi connectivity index (χ3v) is 1.81. The molecule has 0 aromatic carbocycles. The van der Waals surface area contributed by atoms with E-state index in [-0.39, 0.29) is 12.8 Å². The van der Waals surface area contributed by atoms with Crippen LogP contribution in [-0.2, 0) is 4.79 Å². The second-order valence-electron chi connectivity index (χ2n) is 2.26. The lowest BCUT2D eigenvalue weighted by Gasteiger charge is -2.20. The Labute approximate surface area is 75.3 Å². The normalized spacial score (nSPS) is 13.1. The fourth-order valence-electron chi connectivity index (χ4n) is 0.549. The Morgan fingerprint density at radius 2 is 1.75 bits per heavy atom. The first-order chi connectivity index (χ1) is 5.31. The van der Waals surface area contributed by atoms with Crippen LogP contribution in [0.3, 0.4) is 0 Å². The van der Waals surface area contributed by atoms with Gasteiger partial charge in [-0.1, -0.05) is 0 Å². The molecule has 0 bridgehead atoms. The van der Waals surface area contributed by atoms with Gasteiger partial charge in [0.1, 0.15) is 6.29 Å². The van der Waals surface area contributed by atoms with Gasteiger partial charge in [0, 0.05) is 12.8 Å². The monoisotopic (exact) mass is 250 g/mol. The Balaban J connectivity index is 3.95. The van der Waals surface area contributed by atoms with Gasteiger partial charge in [0.05, 0.1) is 0 Å². The number of aldehydes is 1. The number of hydrogen-bond acceptors (Lipinski definition) is 1. The average molecular weight is 251 g/mol. The van der Waals surface area contributed by atoms with Gasteiger partial charge in [0.2, 0.25) is 0 Å². The van der Waals surface area contributed by atoms with Crippen LogP contribution in [0.1, 0.15) is 19.3 Å². The van der Waals surface area contributed by atoms with E-state index in [1.807, 2.05) is 0 Å². The van der Waals surface area contributed by atoms with Gasteiger partial charge in [-0.15, -0.1) is 0 Å². The highest BCUT2D eigenvalue weighted by atomic mass is 79.9.